The van der Waals surface area contributed by atoms with Gasteiger partial charge in [0, 0.05) is 18.9 Å². The standard InChI is InChI=1S/C10H10N2O/c1-13-7-3-5-9-4-2-6-12-10(9)8-11/h2-6H,7H2,1H3. The third kappa shape index (κ3) is 2.69. The van der Waals surface area contributed by atoms with Crippen LogP contribution in [-0.2, 0) is 4.74 Å². The average molecular weight is 174 g/mol. The molecule has 1 rings (SSSR count). The van der Waals surface area contributed by atoms with Crippen molar-refractivity contribution in [3.63, 3.8) is 0 Å². The molecule has 0 amide bonds. The minimum absolute atomic E-state index is 0.440. The van der Waals surface area contributed by atoms with Crippen molar-refractivity contribution in [3.05, 3.63) is 35.7 Å². The largest absolute Gasteiger partial charge is 0.381 e. The van der Waals surface area contributed by atoms with E-state index in [0.29, 0.717) is 12.3 Å². The molecule has 0 aliphatic carbocycles. The van der Waals surface area contributed by atoms with Crippen LogP contribution in [0, 0.1) is 11.3 Å². The first-order valence-corrected chi connectivity index (χ1v) is 3.89. The van der Waals surface area contributed by atoms with Crippen molar-refractivity contribution in [1.29, 1.82) is 5.26 Å². The molecule has 0 aromatic carbocycles. The van der Waals surface area contributed by atoms with Crippen molar-refractivity contribution < 1.29 is 4.74 Å². The van der Waals surface area contributed by atoms with E-state index in [0.717, 1.165) is 5.56 Å². The normalized spacial score (nSPS) is 10.2. The second-order valence-corrected chi connectivity index (χ2v) is 2.41. The molecule has 0 radical (unpaired) electrons. The number of nitriles is 1. The third-order valence-corrected chi connectivity index (χ3v) is 1.51. The van der Waals surface area contributed by atoms with Gasteiger partial charge in [0.25, 0.3) is 0 Å². The van der Waals surface area contributed by atoms with E-state index in [2.05, 4.69) is 4.98 Å². The SMILES string of the molecule is COCC=Cc1cccnc1C#N. The second kappa shape index (κ2) is 5.07. The molecule has 1 aromatic rings. The fraction of sp³-hybridized carbons (Fsp3) is 0.200. The van der Waals surface area contributed by atoms with Crippen LogP contribution in [0.1, 0.15) is 11.3 Å². The highest BCUT2D eigenvalue weighted by atomic mass is 16.5. The van der Waals surface area contributed by atoms with E-state index >= 15 is 0 Å². The Morgan fingerprint density at radius 2 is 2.54 bits per heavy atom. The van der Waals surface area contributed by atoms with Gasteiger partial charge in [-0.05, 0) is 6.07 Å². The minimum Gasteiger partial charge on any atom is -0.381 e. The molecule has 13 heavy (non-hydrogen) atoms. The fourth-order valence-corrected chi connectivity index (χ4v) is 0.917. The monoisotopic (exact) mass is 174 g/mol. The lowest BCUT2D eigenvalue weighted by Crippen LogP contribution is -1.87. The zero-order valence-electron chi connectivity index (χ0n) is 7.40. The summed E-state index contributed by atoms with van der Waals surface area (Å²) < 4.78 is 4.85. The summed E-state index contributed by atoms with van der Waals surface area (Å²) in [6.45, 7) is 0.541. The van der Waals surface area contributed by atoms with Gasteiger partial charge in [-0.1, -0.05) is 18.2 Å². The maximum absolute atomic E-state index is 8.70. The molecular formula is C10H10N2O. The Labute approximate surface area is 77.3 Å². The van der Waals surface area contributed by atoms with Crippen LogP contribution in [0.2, 0.25) is 0 Å². The molecule has 3 nitrogen and oxygen atoms in total. The lowest BCUT2D eigenvalue weighted by molar-refractivity contribution is 0.234. The molecule has 0 atom stereocenters. The molecular weight excluding hydrogens is 164 g/mol. The topological polar surface area (TPSA) is 45.9 Å². The molecule has 0 bridgehead atoms. The van der Waals surface area contributed by atoms with Crippen molar-refractivity contribution in [2.75, 3.05) is 13.7 Å². The highest BCUT2D eigenvalue weighted by molar-refractivity contribution is 5.55. The van der Waals surface area contributed by atoms with Gasteiger partial charge in [-0.15, -0.1) is 0 Å². The van der Waals surface area contributed by atoms with Crippen molar-refractivity contribution in [2.24, 2.45) is 0 Å². The molecule has 0 saturated carbocycles. The summed E-state index contributed by atoms with van der Waals surface area (Å²) >= 11 is 0. The highest BCUT2D eigenvalue weighted by Crippen LogP contribution is 2.05. The van der Waals surface area contributed by atoms with Crippen LogP contribution in [0.4, 0.5) is 0 Å². The average Bonchev–Trinajstić information content (AvgIpc) is 2.19. The number of pyridine rings is 1. The van der Waals surface area contributed by atoms with E-state index in [1.165, 1.54) is 0 Å². The van der Waals surface area contributed by atoms with Crippen LogP contribution < -0.4 is 0 Å². The van der Waals surface area contributed by atoms with E-state index in [1.807, 2.05) is 24.3 Å². The molecule has 0 unspecified atom stereocenters. The molecule has 3 heteroatoms. The molecule has 1 heterocycles. The van der Waals surface area contributed by atoms with Gasteiger partial charge in [-0.3, -0.25) is 0 Å². The van der Waals surface area contributed by atoms with Crippen LogP contribution in [-0.4, -0.2) is 18.7 Å². The number of aromatic nitrogens is 1. The first-order valence-electron chi connectivity index (χ1n) is 3.89. The summed E-state index contributed by atoms with van der Waals surface area (Å²) in [5, 5.41) is 8.70. The third-order valence-electron chi connectivity index (χ3n) is 1.51. The van der Waals surface area contributed by atoms with Gasteiger partial charge in [0.15, 0.2) is 0 Å². The minimum atomic E-state index is 0.440. The summed E-state index contributed by atoms with van der Waals surface area (Å²) in [5.74, 6) is 0. The Hall–Kier alpha value is -1.66. The first-order chi connectivity index (χ1) is 6.38. The zero-order valence-corrected chi connectivity index (χ0v) is 7.40. The number of ether oxygens (including phenoxy) is 1. The van der Waals surface area contributed by atoms with Gasteiger partial charge in [0.05, 0.1) is 6.61 Å². The van der Waals surface area contributed by atoms with Gasteiger partial charge < -0.3 is 4.74 Å². The highest BCUT2D eigenvalue weighted by Gasteiger charge is 1.96. The quantitative estimate of drug-likeness (QED) is 0.699. The Morgan fingerprint density at radius 1 is 1.69 bits per heavy atom. The number of nitrogens with zero attached hydrogens (tertiary/aromatic N) is 2. The van der Waals surface area contributed by atoms with Gasteiger partial charge in [0.1, 0.15) is 11.8 Å². The second-order valence-electron chi connectivity index (χ2n) is 2.41. The predicted octanol–water partition coefficient (Wildman–Crippen LogP) is 1.61. The molecule has 66 valence electrons. The Bertz CT molecular complexity index is 339. The van der Waals surface area contributed by atoms with Gasteiger partial charge >= 0.3 is 0 Å². The van der Waals surface area contributed by atoms with E-state index in [1.54, 1.807) is 19.4 Å². The van der Waals surface area contributed by atoms with Crippen LogP contribution in [0.25, 0.3) is 6.08 Å². The molecule has 0 fully saturated rings. The number of methoxy groups -OCH3 is 1. The maximum Gasteiger partial charge on any atom is 0.147 e. The first kappa shape index (κ1) is 9.43. The summed E-state index contributed by atoms with van der Waals surface area (Å²) in [6, 6.07) is 5.66. The lowest BCUT2D eigenvalue weighted by Gasteiger charge is -1.94. The van der Waals surface area contributed by atoms with E-state index in [9.17, 15) is 0 Å². The van der Waals surface area contributed by atoms with Crippen molar-refractivity contribution in [1.82, 2.24) is 4.98 Å². The molecule has 0 N–H and O–H groups in total. The van der Waals surface area contributed by atoms with E-state index < -0.39 is 0 Å². The number of hydrogen-bond acceptors (Lipinski definition) is 3. The van der Waals surface area contributed by atoms with Crippen LogP contribution in [0.5, 0.6) is 0 Å². The van der Waals surface area contributed by atoms with E-state index in [-0.39, 0.29) is 0 Å². The number of rotatable bonds is 3. The number of hydrogen-bond donors (Lipinski definition) is 0. The summed E-state index contributed by atoms with van der Waals surface area (Å²) in [7, 11) is 1.62. The van der Waals surface area contributed by atoms with Crippen molar-refractivity contribution in [3.8, 4) is 6.07 Å². The van der Waals surface area contributed by atoms with Crippen LogP contribution in [0.3, 0.4) is 0 Å². The van der Waals surface area contributed by atoms with Crippen molar-refractivity contribution >= 4 is 6.08 Å². The van der Waals surface area contributed by atoms with Gasteiger partial charge in [-0.25, -0.2) is 4.98 Å². The maximum atomic E-state index is 8.70. The fourth-order valence-electron chi connectivity index (χ4n) is 0.917. The van der Waals surface area contributed by atoms with Gasteiger partial charge in [-0.2, -0.15) is 5.26 Å². The molecule has 0 spiro atoms. The summed E-state index contributed by atoms with van der Waals surface area (Å²) in [5.41, 5.74) is 1.26. The summed E-state index contributed by atoms with van der Waals surface area (Å²) in [6.07, 6.45) is 5.28. The zero-order chi connectivity index (χ0) is 9.52. The summed E-state index contributed by atoms with van der Waals surface area (Å²) in [4.78, 5) is 3.92. The molecule has 0 aliphatic heterocycles. The Kier molecular flexibility index (Phi) is 3.68. The Balaban J connectivity index is 2.82. The van der Waals surface area contributed by atoms with Crippen LogP contribution >= 0.6 is 0 Å². The van der Waals surface area contributed by atoms with E-state index in [4.69, 9.17) is 10.00 Å². The molecule has 1 aromatic heterocycles. The molecule has 0 saturated heterocycles. The molecule has 0 aliphatic rings. The lowest BCUT2D eigenvalue weighted by atomic mass is 10.2. The predicted molar refractivity (Wildman–Crippen MR) is 49.9 cm³/mol. The van der Waals surface area contributed by atoms with Gasteiger partial charge in [0.2, 0.25) is 0 Å². The Morgan fingerprint density at radius 3 is 3.23 bits per heavy atom. The smallest absolute Gasteiger partial charge is 0.147 e. The van der Waals surface area contributed by atoms with Crippen LogP contribution in [0.15, 0.2) is 24.4 Å². The van der Waals surface area contributed by atoms with Crippen molar-refractivity contribution in [2.45, 2.75) is 0 Å².